The topological polar surface area (TPSA) is 12.0 Å². The Labute approximate surface area is 102 Å². The van der Waals surface area contributed by atoms with Gasteiger partial charge in [-0.3, -0.25) is 0 Å². The Balaban J connectivity index is 1.74. The first-order valence-corrected chi connectivity index (χ1v) is 6.65. The molecule has 0 heterocycles. The van der Waals surface area contributed by atoms with Crippen LogP contribution in [0.1, 0.15) is 43.4 Å². The number of halogens is 1. The average molecular weight is 236 g/mol. The van der Waals surface area contributed by atoms with E-state index in [0.29, 0.717) is 6.04 Å². The van der Waals surface area contributed by atoms with Gasteiger partial charge in [0, 0.05) is 17.1 Å². The van der Waals surface area contributed by atoms with Crippen LogP contribution in [0.3, 0.4) is 0 Å². The number of hydrogen-bond acceptors (Lipinski definition) is 1. The van der Waals surface area contributed by atoms with Gasteiger partial charge in [0.25, 0.3) is 0 Å². The van der Waals surface area contributed by atoms with Crippen molar-refractivity contribution in [2.24, 2.45) is 5.92 Å². The van der Waals surface area contributed by atoms with Crippen LogP contribution in [0.25, 0.3) is 0 Å². The first-order chi connectivity index (χ1) is 7.74. The number of rotatable bonds is 2. The Hall–Kier alpha value is -0.530. The van der Waals surface area contributed by atoms with Crippen LogP contribution >= 0.6 is 11.6 Å². The van der Waals surface area contributed by atoms with Gasteiger partial charge in [-0.15, -0.1) is 0 Å². The van der Waals surface area contributed by atoms with E-state index in [9.17, 15) is 0 Å². The van der Waals surface area contributed by atoms with E-state index in [2.05, 4.69) is 24.4 Å². The predicted octanol–water partition coefficient (Wildman–Crippen LogP) is 3.72. The van der Waals surface area contributed by atoms with E-state index >= 15 is 0 Å². The number of hydrogen-bond donors (Lipinski definition) is 1. The van der Waals surface area contributed by atoms with Crippen molar-refractivity contribution >= 4 is 11.6 Å². The van der Waals surface area contributed by atoms with E-state index in [1.54, 1.807) is 0 Å². The third-order valence-corrected chi connectivity index (χ3v) is 4.38. The Morgan fingerprint density at radius 1 is 1.31 bits per heavy atom. The average Bonchev–Trinajstić information content (AvgIpc) is 2.61. The highest BCUT2D eigenvalue weighted by atomic mass is 35.5. The smallest absolute Gasteiger partial charge is 0.0441 e. The molecule has 1 fully saturated rings. The van der Waals surface area contributed by atoms with Gasteiger partial charge in [-0.25, -0.2) is 0 Å². The lowest BCUT2D eigenvalue weighted by atomic mass is 9.81. The molecule has 0 aliphatic heterocycles. The number of nitrogens with one attached hydrogen (secondary N) is 1. The molecule has 2 aliphatic rings. The van der Waals surface area contributed by atoms with E-state index in [1.165, 1.54) is 30.4 Å². The summed E-state index contributed by atoms with van der Waals surface area (Å²) in [4.78, 5) is 0. The summed E-state index contributed by atoms with van der Waals surface area (Å²) in [5.41, 5.74) is 2.81. The molecule has 16 heavy (non-hydrogen) atoms. The van der Waals surface area contributed by atoms with Crippen LogP contribution in [0.2, 0.25) is 5.02 Å². The number of fused-ring (bicyclic) bond motifs is 1. The minimum absolute atomic E-state index is 0.547. The molecule has 1 aromatic carbocycles. The van der Waals surface area contributed by atoms with Gasteiger partial charge in [0.05, 0.1) is 0 Å². The largest absolute Gasteiger partial charge is 0.307 e. The fraction of sp³-hybridized carbons (Fsp3) is 0.571. The summed E-state index contributed by atoms with van der Waals surface area (Å²) in [5, 5.41) is 4.72. The molecule has 0 aromatic heterocycles. The zero-order valence-electron chi connectivity index (χ0n) is 9.67. The van der Waals surface area contributed by atoms with Crippen LogP contribution in [0, 0.1) is 5.92 Å². The Kier molecular flexibility index (Phi) is 2.68. The maximum absolute atomic E-state index is 6.21. The van der Waals surface area contributed by atoms with Gasteiger partial charge in [-0.2, -0.15) is 0 Å². The first kappa shape index (κ1) is 10.6. The minimum Gasteiger partial charge on any atom is -0.307 e. The second-order valence-electron chi connectivity index (χ2n) is 5.34. The van der Waals surface area contributed by atoms with Crippen molar-refractivity contribution in [1.29, 1.82) is 0 Å². The van der Waals surface area contributed by atoms with Crippen molar-refractivity contribution in [2.45, 2.75) is 44.7 Å². The molecule has 3 rings (SSSR count). The molecule has 2 aliphatic carbocycles. The van der Waals surface area contributed by atoms with E-state index in [-0.39, 0.29) is 0 Å². The number of benzene rings is 1. The molecule has 1 nitrogen and oxygen atoms in total. The van der Waals surface area contributed by atoms with Crippen LogP contribution in [-0.4, -0.2) is 6.04 Å². The second kappa shape index (κ2) is 4.05. The first-order valence-electron chi connectivity index (χ1n) is 6.27. The van der Waals surface area contributed by atoms with Crippen LogP contribution < -0.4 is 5.32 Å². The quantitative estimate of drug-likeness (QED) is 0.824. The molecule has 2 heteroatoms. The van der Waals surface area contributed by atoms with Crippen molar-refractivity contribution in [3.8, 4) is 0 Å². The lowest BCUT2D eigenvalue weighted by Gasteiger charge is -2.36. The maximum atomic E-state index is 6.21. The van der Waals surface area contributed by atoms with Gasteiger partial charge in [-0.05, 0) is 48.8 Å². The van der Waals surface area contributed by atoms with Crippen LogP contribution in [0.5, 0.6) is 0 Å². The van der Waals surface area contributed by atoms with Gasteiger partial charge in [0.15, 0.2) is 0 Å². The summed E-state index contributed by atoms with van der Waals surface area (Å²) < 4.78 is 0. The van der Waals surface area contributed by atoms with Gasteiger partial charge in [0.2, 0.25) is 0 Å². The second-order valence-corrected chi connectivity index (χ2v) is 5.75. The molecule has 0 bridgehead atoms. The Bertz CT molecular complexity index is 396. The summed E-state index contributed by atoms with van der Waals surface area (Å²) in [6.45, 7) is 2.33. The van der Waals surface area contributed by atoms with Crippen molar-refractivity contribution in [3.63, 3.8) is 0 Å². The molecule has 1 atom stereocenters. The fourth-order valence-electron chi connectivity index (χ4n) is 3.11. The highest BCUT2D eigenvalue weighted by Gasteiger charge is 2.31. The van der Waals surface area contributed by atoms with Crippen LogP contribution in [0.4, 0.5) is 0 Å². The lowest BCUT2D eigenvalue weighted by molar-refractivity contribution is 0.222. The molecule has 1 aromatic rings. The van der Waals surface area contributed by atoms with Crippen molar-refractivity contribution < 1.29 is 0 Å². The van der Waals surface area contributed by atoms with E-state index in [4.69, 9.17) is 11.6 Å². The molecule has 0 radical (unpaired) electrons. The van der Waals surface area contributed by atoms with Crippen molar-refractivity contribution in [1.82, 2.24) is 5.32 Å². The minimum atomic E-state index is 0.547. The third kappa shape index (κ3) is 1.76. The Morgan fingerprint density at radius 3 is 2.88 bits per heavy atom. The highest BCUT2D eigenvalue weighted by Crippen LogP contribution is 2.37. The molecule has 0 spiro atoms. The van der Waals surface area contributed by atoms with Crippen molar-refractivity contribution in [3.05, 3.63) is 34.3 Å². The summed E-state index contributed by atoms with van der Waals surface area (Å²) in [6, 6.07) is 7.60. The van der Waals surface area contributed by atoms with Crippen LogP contribution in [0.15, 0.2) is 18.2 Å². The van der Waals surface area contributed by atoms with Gasteiger partial charge >= 0.3 is 0 Å². The zero-order valence-corrected chi connectivity index (χ0v) is 10.4. The standard InChI is InChI=1S/C14H18ClN/c1-9-7-10(8-9)16-14-6-5-11-12(14)3-2-4-13(11)15/h2-4,9-10,14,16H,5-8H2,1H3. The molecule has 1 unspecified atom stereocenters. The molecule has 86 valence electrons. The fourth-order valence-corrected chi connectivity index (χ4v) is 3.38. The molecule has 1 saturated carbocycles. The molecular weight excluding hydrogens is 218 g/mol. The summed E-state index contributed by atoms with van der Waals surface area (Å²) >= 11 is 6.21. The summed E-state index contributed by atoms with van der Waals surface area (Å²) in [5.74, 6) is 0.915. The van der Waals surface area contributed by atoms with E-state index in [0.717, 1.165) is 23.4 Å². The zero-order chi connectivity index (χ0) is 11.1. The van der Waals surface area contributed by atoms with Crippen molar-refractivity contribution in [2.75, 3.05) is 0 Å². The normalized spacial score (nSPS) is 32.2. The van der Waals surface area contributed by atoms with Crippen LogP contribution in [-0.2, 0) is 6.42 Å². The SMILES string of the molecule is CC1CC(NC2CCc3c(Cl)cccc32)C1. The molecule has 0 saturated heterocycles. The molecular formula is C14H18ClN. The van der Waals surface area contributed by atoms with Gasteiger partial charge < -0.3 is 5.32 Å². The van der Waals surface area contributed by atoms with Gasteiger partial charge in [0.1, 0.15) is 0 Å². The Morgan fingerprint density at radius 2 is 2.12 bits per heavy atom. The van der Waals surface area contributed by atoms with E-state index < -0.39 is 0 Å². The monoisotopic (exact) mass is 235 g/mol. The van der Waals surface area contributed by atoms with Gasteiger partial charge in [-0.1, -0.05) is 30.7 Å². The maximum Gasteiger partial charge on any atom is 0.0441 e. The summed E-state index contributed by atoms with van der Waals surface area (Å²) in [7, 11) is 0. The summed E-state index contributed by atoms with van der Waals surface area (Å²) in [6.07, 6.45) is 5.03. The molecule has 0 amide bonds. The highest BCUT2D eigenvalue weighted by molar-refractivity contribution is 6.31. The lowest BCUT2D eigenvalue weighted by Crippen LogP contribution is -2.41. The third-order valence-electron chi connectivity index (χ3n) is 4.02. The molecule has 1 N–H and O–H groups in total. The van der Waals surface area contributed by atoms with E-state index in [1.807, 2.05) is 6.07 Å². The predicted molar refractivity (Wildman–Crippen MR) is 67.8 cm³/mol.